The van der Waals surface area contributed by atoms with E-state index in [1.54, 1.807) is 6.07 Å². The Hall–Kier alpha value is -2.03. The molecular formula is C17H20FNO. The summed E-state index contributed by atoms with van der Waals surface area (Å²) >= 11 is 0. The number of ether oxygens (including phenoxy) is 1. The summed E-state index contributed by atoms with van der Waals surface area (Å²) in [6, 6.07) is 12.9. The van der Waals surface area contributed by atoms with Crippen LogP contribution in [0.3, 0.4) is 0 Å². The van der Waals surface area contributed by atoms with E-state index >= 15 is 0 Å². The van der Waals surface area contributed by atoms with Crippen LogP contribution in [0.15, 0.2) is 42.5 Å². The highest BCUT2D eigenvalue weighted by atomic mass is 19.1. The van der Waals surface area contributed by atoms with Gasteiger partial charge in [-0.05, 0) is 50.1 Å². The normalized spacial score (nSPS) is 10.7. The van der Waals surface area contributed by atoms with E-state index in [1.165, 1.54) is 6.07 Å². The molecule has 0 saturated heterocycles. The molecule has 0 aliphatic carbocycles. The molecule has 0 radical (unpaired) electrons. The van der Waals surface area contributed by atoms with Crippen LogP contribution in [0.25, 0.3) is 0 Å². The molecule has 1 N–H and O–H groups in total. The zero-order valence-corrected chi connectivity index (χ0v) is 12.1. The van der Waals surface area contributed by atoms with Gasteiger partial charge >= 0.3 is 0 Å². The number of aryl methyl sites for hydroxylation is 1. The lowest BCUT2D eigenvalue weighted by Crippen LogP contribution is -2.07. The third-order valence-corrected chi connectivity index (χ3v) is 2.96. The van der Waals surface area contributed by atoms with E-state index in [0.29, 0.717) is 12.2 Å². The predicted octanol–water partition coefficient (Wildman–Crippen LogP) is 4.53. The first kappa shape index (κ1) is 14.4. The molecule has 0 amide bonds. The molecule has 0 spiro atoms. The monoisotopic (exact) mass is 273 g/mol. The molecule has 0 fully saturated rings. The van der Waals surface area contributed by atoms with Gasteiger partial charge in [0.2, 0.25) is 0 Å². The Balaban J connectivity index is 2.07. The van der Waals surface area contributed by atoms with Crippen LogP contribution in [0.2, 0.25) is 0 Å². The second-order valence-electron chi connectivity index (χ2n) is 5.10. The lowest BCUT2D eigenvalue weighted by Gasteiger charge is -2.13. The highest BCUT2D eigenvalue weighted by Gasteiger charge is 2.05. The van der Waals surface area contributed by atoms with E-state index in [0.717, 1.165) is 16.9 Å². The summed E-state index contributed by atoms with van der Waals surface area (Å²) in [5.74, 6) is 0.615. The van der Waals surface area contributed by atoms with E-state index in [9.17, 15) is 4.39 Å². The van der Waals surface area contributed by atoms with Crippen molar-refractivity contribution in [2.24, 2.45) is 0 Å². The topological polar surface area (TPSA) is 21.3 Å². The Morgan fingerprint density at radius 3 is 2.60 bits per heavy atom. The van der Waals surface area contributed by atoms with Crippen LogP contribution in [-0.2, 0) is 6.54 Å². The van der Waals surface area contributed by atoms with Gasteiger partial charge in [-0.1, -0.05) is 24.3 Å². The van der Waals surface area contributed by atoms with E-state index in [1.807, 2.05) is 51.1 Å². The fourth-order valence-corrected chi connectivity index (χ4v) is 2.05. The standard InChI is InChI=1S/C17H20FNO/c1-12(2)20-15-8-5-7-14(10-15)11-19-17-13(3)6-4-9-16(17)18/h4-10,12,19H,11H2,1-3H3. The third kappa shape index (κ3) is 3.73. The fraction of sp³-hybridized carbons (Fsp3) is 0.294. The van der Waals surface area contributed by atoms with Gasteiger partial charge in [-0.3, -0.25) is 0 Å². The SMILES string of the molecule is Cc1cccc(F)c1NCc1cccc(OC(C)C)c1. The molecule has 0 aliphatic heterocycles. The number of benzene rings is 2. The van der Waals surface area contributed by atoms with Crippen LogP contribution >= 0.6 is 0 Å². The summed E-state index contributed by atoms with van der Waals surface area (Å²) in [7, 11) is 0. The molecule has 0 aliphatic rings. The summed E-state index contributed by atoms with van der Waals surface area (Å²) in [6.07, 6.45) is 0.145. The van der Waals surface area contributed by atoms with Crippen molar-refractivity contribution in [2.75, 3.05) is 5.32 Å². The van der Waals surface area contributed by atoms with Crippen molar-refractivity contribution < 1.29 is 9.13 Å². The summed E-state index contributed by atoms with van der Waals surface area (Å²) in [5, 5.41) is 3.15. The highest BCUT2D eigenvalue weighted by molar-refractivity contribution is 5.52. The quantitative estimate of drug-likeness (QED) is 0.864. The lowest BCUT2D eigenvalue weighted by molar-refractivity contribution is 0.242. The summed E-state index contributed by atoms with van der Waals surface area (Å²) in [4.78, 5) is 0. The summed E-state index contributed by atoms with van der Waals surface area (Å²) in [5.41, 5.74) is 2.52. The maximum absolute atomic E-state index is 13.7. The highest BCUT2D eigenvalue weighted by Crippen LogP contribution is 2.21. The molecule has 0 atom stereocenters. The van der Waals surface area contributed by atoms with Gasteiger partial charge < -0.3 is 10.1 Å². The van der Waals surface area contributed by atoms with Crippen LogP contribution in [0.4, 0.5) is 10.1 Å². The average Bonchev–Trinajstić information content (AvgIpc) is 2.38. The Morgan fingerprint density at radius 2 is 1.90 bits per heavy atom. The van der Waals surface area contributed by atoms with Gasteiger partial charge in [0.1, 0.15) is 11.6 Å². The van der Waals surface area contributed by atoms with E-state index in [2.05, 4.69) is 5.32 Å². The maximum Gasteiger partial charge on any atom is 0.146 e. The molecule has 20 heavy (non-hydrogen) atoms. The number of anilines is 1. The molecule has 0 bridgehead atoms. The second-order valence-corrected chi connectivity index (χ2v) is 5.10. The molecule has 0 heterocycles. The van der Waals surface area contributed by atoms with Crippen molar-refractivity contribution in [1.29, 1.82) is 0 Å². The minimum atomic E-state index is -0.223. The molecule has 2 nitrogen and oxygen atoms in total. The number of rotatable bonds is 5. The van der Waals surface area contributed by atoms with Crippen molar-refractivity contribution in [3.05, 3.63) is 59.4 Å². The van der Waals surface area contributed by atoms with E-state index in [-0.39, 0.29) is 11.9 Å². The third-order valence-electron chi connectivity index (χ3n) is 2.96. The summed E-state index contributed by atoms with van der Waals surface area (Å²) < 4.78 is 19.4. The molecule has 0 aromatic heterocycles. The number of hydrogen-bond acceptors (Lipinski definition) is 2. The molecule has 2 rings (SSSR count). The molecule has 106 valence electrons. The van der Waals surface area contributed by atoms with Crippen molar-refractivity contribution in [3.63, 3.8) is 0 Å². The molecule has 2 aromatic rings. The Bertz CT molecular complexity index is 561. The molecule has 0 saturated carbocycles. The largest absolute Gasteiger partial charge is 0.491 e. The molecule has 3 heteroatoms. The number of halogens is 1. The maximum atomic E-state index is 13.7. The van der Waals surface area contributed by atoms with Crippen LogP contribution in [0.5, 0.6) is 5.75 Å². The predicted molar refractivity (Wildman–Crippen MR) is 80.7 cm³/mol. The van der Waals surface area contributed by atoms with Crippen molar-refractivity contribution in [1.82, 2.24) is 0 Å². The Labute approximate surface area is 119 Å². The van der Waals surface area contributed by atoms with Gasteiger partial charge in [0.15, 0.2) is 0 Å². The van der Waals surface area contributed by atoms with Gasteiger partial charge in [-0.25, -0.2) is 4.39 Å². The zero-order valence-electron chi connectivity index (χ0n) is 12.1. The number of hydrogen-bond donors (Lipinski definition) is 1. The van der Waals surface area contributed by atoms with Crippen LogP contribution < -0.4 is 10.1 Å². The Morgan fingerprint density at radius 1 is 1.15 bits per heavy atom. The molecular weight excluding hydrogens is 253 g/mol. The van der Waals surface area contributed by atoms with Gasteiger partial charge in [-0.2, -0.15) is 0 Å². The minimum absolute atomic E-state index is 0.145. The Kier molecular flexibility index (Phi) is 4.61. The number of nitrogens with one attached hydrogen (secondary N) is 1. The van der Waals surface area contributed by atoms with Crippen molar-refractivity contribution in [3.8, 4) is 5.75 Å². The van der Waals surface area contributed by atoms with Crippen molar-refractivity contribution in [2.45, 2.75) is 33.4 Å². The van der Waals surface area contributed by atoms with Gasteiger partial charge in [0.25, 0.3) is 0 Å². The van der Waals surface area contributed by atoms with Crippen LogP contribution in [0, 0.1) is 12.7 Å². The zero-order chi connectivity index (χ0) is 14.5. The average molecular weight is 273 g/mol. The molecule has 0 unspecified atom stereocenters. The smallest absolute Gasteiger partial charge is 0.146 e. The van der Waals surface area contributed by atoms with Crippen LogP contribution in [-0.4, -0.2) is 6.10 Å². The fourth-order valence-electron chi connectivity index (χ4n) is 2.05. The second kappa shape index (κ2) is 6.42. The van der Waals surface area contributed by atoms with E-state index in [4.69, 9.17) is 4.74 Å². The van der Waals surface area contributed by atoms with Crippen LogP contribution in [0.1, 0.15) is 25.0 Å². The minimum Gasteiger partial charge on any atom is -0.491 e. The van der Waals surface area contributed by atoms with Crippen molar-refractivity contribution >= 4 is 5.69 Å². The van der Waals surface area contributed by atoms with Gasteiger partial charge in [0.05, 0.1) is 11.8 Å². The first-order valence-corrected chi connectivity index (χ1v) is 6.81. The number of para-hydroxylation sites is 1. The van der Waals surface area contributed by atoms with Gasteiger partial charge in [0, 0.05) is 6.54 Å². The van der Waals surface area contributed by atoms with Gasteiger partial charge in [-0.15, -0.1) is 0 Å². The summed E-state index contributed by atoms with van der Waals surface area (Å²) in [6.45, 7) is 6.45. The van der Waals surface area contributed by atoms with E-state index < -0.39 is 0 Å². The lowest BCUT2D eigenvalue weighted by atomic mass is 10.1. The first-order chi connectivity index (χ1) is 9.56. The first-order valence-electron chi connectivity index (χ1n) is 6.81. The molecule has 2 aromatic carbocycles.